The van der Waals surface area contributed by atoms with Crippen LogP contribution in [0, 0.1) is 19.8 Å². The van der Waals surface area contributed by atoms with E-state index in [1.807, 2.05) is 6.92 Å². The topological polar surface area (TPSA) is 53.7 Å². The number of rotatable bonds is 3. The lowest BCUT2D eigenvalue weighted by Crippen LogP contribution is -2.37. The summed E-state index contributed by atoms with van der Waals surface area (Å²) in [6, 6.07) is 8.66. The summed E-state index contributed by atoms with van der Waals surface area (Å²) in [5.41, 5.74) is 2.47. The molecule has 2 aromatic heterocycles. The fourth-order valence-electron chi connectivity index (χ4n) is 3.85. The smallest absolute Gasteiger partial charge is 0.230 e. The number of aromatic nitrogens is 3. The van der Waals surface area contributed by atoms with Crippen LogP contribution in [0.3, 0.4) is 0 Å². The van der Waals surface area contributed by atoms with Crippen molar-refractivity contribution >= 4 is 16.3 Å². The molecule has 1 saturated heterocycles. The van der Waals surface area contributed by atoms with Crippen LogP contribution in [0.25, 0.3) is 4.96 Å². The van der Waals surface area contributed by atoms with Gasteiger partial charge in [0.25, 0.3) is 0 Å². The molecule has 3 heterocycles. The van der Waals surface area contributed by atoms with Crippen LogP contribution in [0.4, 0.5) is 0 Å². The molecule has 0 unspecified atom stereocenters. The van der Waals surface area contributed by atoms with Gasteiger partial charge in [0.1, 0.15) is 5.82 Å². The largest absolute Gasteiger partial charge is 0.492 e. The van der Waals surface area contributed by atoms with E-state index in [0.29, 0.717) is 11.7 Å². The molecule has 1 aromatic carbocycles. The van der Waals surface area contributed by atoms with E-state index in [9.17, 15) is 5.11 Å². The van der Waals surface area contributed by atoms with Gasteiger partial charge in [-0.3, -0.25) is 4.90 Å². The monoisotopic (exact) mass is 356 g/mol. The van der Waals surface area contributed by atoms with E-state index in [1.165, 1.54) is 24.0 Å². The molecule has 132 valence electrons. The van der Waals surface area contributed by atoms with Crippen LogP contribution in [0.15, 0.2) is 24.3 Å². The third kappa shape index (κ3) is 3.04. The van der Waals surface area contributed by atoms with Crippen molar-refractivity contribution in [3.63, 3.8) is 0 Å². The molecule has 6 heteroatoms. The number of hydrogen-bond donors (Lipinski definition) is 1. The fraction of sp³-hybridized carbons (Fsp3) is 0.474. The summed E-state index contributed by atoms with van der Waals surface area (Å²) in [6.45, 7) is 8.37. The normalized spacial score (nSPS) is 20.2. The Balaban J connectivity index is 1.83. The predicted octanol–water partition coefficient (Wildman–Crippen LogP) is 3.93. The average Bonchev–Trinajstić information content (AvgIpc) is 3.06. The molecule has 1 aliphatic heterocycles. The molecule has 0 amide bonds. The number of benzene rings is 1. The molecule has 1 aliphatic rings. The van der Waals surface area contributed by atoms with Crippen molar-refractivity contribution in [1.82, 2.24) is 19.5 Å². The molecule has 1 fully saturated rings. The van der Waals surface area contributed by atoms with Crippen molar-refractivity contribution in [2.45, 2.75) is 39.7 Å². The number of likely N-dealkylation sites (tertiary alicyclic amines) is 1. The van der Waals surface area contributed by atoms with Crippen LogP contribution in [-0.2, 0) is 0 Å². The van der Waals surface area contributed by atoms with Crippen molar-refractivity contribution in [3.05, 3.63) is 46.1 Å². The maximum absolute atomic E-state index is 10.8. The van der Waals surface area contributed by atoms with E-state index in [2.05, 4.69) is 53.1 Å². The van der Waals surface area contributed by atoms with Gasteiger partial charge in [0.2, 0.25) is 10.8 Å². The number of aryl methyl sites for hydroxylation is 2. The zero-order valence-electron chi connectivity index (χ0n) is 14.9. The lowest BCUT2D eigenvalue weighted by Gasteiger charge is -2.37. The third-order valence-electron chi connectivity index (χ3n) is 4.97. The molecule has 0 aliphatic carbocycles. The Bertz CT molecular complexity index is 900. The van der Waals surface area contributed by atoms with Gasteiger partial charge in [0.15, 0.2) is 0 Å². The zero-order valence-corrected chi connectivity index (χ0v) is 15.8. The van der Waals surface area contributed by atoms with Gasteiger partial charge in [0.05, 0.1) is 10.9 Å². The van der Waals surface area contributed by atoms with E-state index in [-0.39, 0.29) is 11.9 Å². The zero-order chi connectivity index (χ0) is 17.6. The molecule has 1 N–H and O–H groups in total. The maximum Gasteiger partial charge on any atom is 0.230 e. The molecule has 5 nitrogen and oxygen atoms in total. The first-order valence-electron chi connectivity index (χ1n) is 8.88. The molecule has 0 saturated carbocycles. The first kappa shape index (κ1) is 16.5. The summed E-state index contributed by atoms with van der Waals surface area (Å²) in [7, 11) is 0. The van der Waals surface area contributed by atoms with Gasteiger partial charge < -0.3 is 5.11 Å². The van der Waals surface area contributed by atoms with E-state index in [0.717, 1.165) is 22.9 Å². The van der Waals surface area contributed by atoms with E-state index in [1.54, 1.807) is 15.9 Å². The van der Waals surface area contributed by atoms with Gasteiger partial charge in [-0.25, -0.2) is 4.98 Å². The Hall–Kier alpha value is -1.92. The van der Waals surface area contributed by atoms with E-state index in [4.69, 9.17) is 0 Å². The maximum atomic E-state index is 10.8. The quantitative estimate of drug-likeness (QED) is 0.772. The minimum Gasteiger partial charge on any atom is -0.492 e. The SMILES string of the molecule is Cc1cccc([C@H](c2sc3nc(C)nn3c2O)N2CCC[C@H](C)C2)c1. The van der Waals surface area contributed by atoms with Crippen molar-refractivity contribution in [2.24, 2.45) is 5.92 Å². The van der Waals surface area contributed by atoms with Crippen molar-refractivity contribution < 1.29 is 5.11 Å². The van der Waals surface area contributed by atoms with E-state index < -0.39 is 0 Å². The first-order chi connectivity index (χ1) is 12.0. The van der Waals surface area contributed by atoms with Gasteiger partial charge in [-0.05, 0) is 44.7 Å². The summed E-state index contributed by atoms with van der Waals surface area (Å²) >= 11 is 1.55. The first-order valence-corrected chi connectivity index (χ1v) is 9.70. The lowest BCUT2D eigenvalue weighted by molar-refractivity contribution is 0.149. The molecule has 3 aromatic rings. The highest BCUT2D eigenvalue weighted by Crippen LogP contribution is 2.41. The standard InChI is InChI=1S/C19H24N4OS/c1-12-6-4-8-15(10-12)16(22-9-5-7-13(2)11-22)17-18(24)23-19(25-17)20-14(3)21-23/h4,6,8,10,13,16,24H,5,7,9,11H2,1-3H3/t13-,16+/m0/s1. The van der Waals surface area contributed by atoms with Gasteiger partial charge in [-0.15, -0.1) is 5.10 Å². The van der Waals surface area contributed by atoms with Gasteiger partial charge in [-0.2, -0.15) is 4.52 Å². The van der Waals surface area contributed by atoms with Gasteiger partial charge in [-0.1, -0.05) is 48.1 Å². The van der Waals surface area contributed by atoms with Crippen LogP contribution < -0.4 is 0 Å². The third-order valence-corrected chi connectivity index (χ3v) is 6.04. The Morgan fingerprint density at radius 1 is 1.32 bits per heavy atom. The highest BCUT2D eigenvalue weighted by molar-refractivity contribution is 7.17. The minimum atomic E-state index is 0.0523. The molecular weight excluding hydrogens is 332 g/mol. The number of thiazole rings is 1. The lowest BCUT2D eigenvalue weighted by atomic mass is 9.95. The predicted molar refractivity (Wildman–Crippen MR) is 100 cm³/mol. The molecule has 0 spiro atoms. The number of piperidine rings is 1. The van der Waals surface area contributed by atoms with Crippen molar-refractivity contribution in [1.29, 1.82) is 0 Å². The molecule has 2 atom stereocenters. The summed E-state index contributed by atoms with van der Waals surface area (Å²) in [4.78, 5) is 8.64. The van der Waals surface area contributed by atoms with Crippen molar-refractivity contribution in [3.8, 4) is 5.88 Å². The second-order valence-corrected chi connectivity index (χ2v) is 8.21. The summed E-state index contributed by atoms with van der Waals surface area (Å²) < 4.78 is 1.57. The fourth-order valence-corrected chi connectivity index (χ4v) is 5.02. The molecule has 0 bridgehead atoms. The number of aromatic hydroxyl groups is 1. The summed E-state index contributed by atoms with van der Waals surface area (Å²) in [5, 5.41) is 15.2. The Kier molecular flexibility index (Phi) is 4.25. The number of hydrogen-bond acceptors (Lipinski definition) is 5. The Morgan fingerprint density at radius 3 is 2.88 bits per heavy atom. The molecule has 4 rings (SSSR count). The highest BCUT2D eigenvalue weighted by Gasteiger charge is 2.31. The van der Waals surface area contributed by atoms with Crippen LogP contribution in [0.5, 0.6) is 5.88 Å². The number of nitrogens with zero attached hydrogens (tertiary/aromatic N) is 4. The van der Waals surface area contributed by atoms with Crippen LogP contribution in [0.2, 0.25) is 0 Å². The number of fused-ring (bicyclic) bond motifs is 1. The van der Waals surface area contributed by atoms with Gasteiger partial charge in [0, 0.05) is 6.54 Å². The second-order valence-electron chi connectivity index (χ2n) is 7.20. The van der Waals surface area contributed by atoms with Crippen LogP contribution >= 0.6 is 11.3 Å². The second kappa shape index (κ2) is 6.42. The summed E-state index contributed by atoms with van der Waals surface area (Å²) in [5.74, 6) is 1.59. The Labute approximate surface area is 151 Å². The molecule has 0 radical (unpaired) electrons. The molecule has 25 heavy (non-hydrogen) atoms. The molecular formula is C19H24N4OS. The van der Waals surface area contributed by atoms with E-state index >= 15 is 0 Å². The average molecular weight is 356 g/mol. The van der Waals surface area contributed by atoms with Crippen LogP contribution in [-0.4, -0.2) is 37.7 Å². The highest BCUT2D eigenvalue weighted by atomic mass is 32.1. The Morgan fingerprint density at radius 2 is 2.16 bits per heavy atom. The summed E-state index contributed by atoms with van der Waals surface area (Å²) in [6.07, 6.45) is 2.47. The van der Waals surface area contributed by atoms with Crippen LogP contribution in [0.1, 0.15) is 47.6 Å². The van der Waals surface area contributed by atoms with Gasteiger partial charge >= 0.3 is 0 Å². The minimum absolute atomic E-state index is 0.0523. The van der Waals surface area contributed by atoms with Crippen molar-refractivity contribution in [2.75, 3.05) is 13.1 Å².